The smallest absolute Gasteiger partial charge is 0.275 e. The summed E-state index contributed by atoms with van der Waals surface area (Å²) in [5.41, 5.74) is 2.31. The van der Waals surface area contributed by atoms with Gasteiger partial charge in [-0.15, -0.1) is 0 Å². The van der Waals surface area contributed by atoms with E-state index < -0.39 is 0 Å². The molecule has 0 radical (unpaired) electrons. The van der Waals surface area contributed by atoms with Crippen LogP contribution in [0.5, 0.6) is 5.75 Å². The SMILES string of the molecule is COc1cc(C)c([N+](=O)[O-])c(C)c1C. The van der Waals surface area contributed by atoms with Gasteiger partial charge >= 0.3 is 0 Å². The standard InChI is InChI=1S/C10H13NO3/c1-6-5-9(14-4)7(2)8(3)10(6)11(12)13/h5H,1-4H3. The summed E-state index contributed by atoms with van der Waals surface area (Å²) < 4.78 is 5.12. The molecule has 4 heteroatoms. The topological polar surface area (TPSA) is 52.4 Å². The summed E-state index contributed by atoms with van der Waals surface area (Å²) in [7, 11) is 1.56. The first-order valence-electron chi connectivity index (χ1n) is 4.28. The maximum Gasteiger partial charge on any atom is 0.275 e. The molecule has 0 N–H and O–H groups in total. The number of nitro groups is 1. The van der Waals surface area contributed by atoms with Crippen molar-refractivity contribution in [3.05, 3.63) is 32.9 Å². The van der Waals surface area contributed by atoms with Crippen LogP contribution in [0.2, 0.25) is 0 Å². The van der Waals surface area contributed by atoms with E-state index in [1.807, 2.05) is 6.92 Å². The van der Waals surface area contributed by atoms with Crippen LogP contribution in [0.3, 0.4) is 0 Å². The van der Waals surface area contributed by atoms with Crippen LogP contribution >= 0.6 is 0 Å². The predicted molar refractivity (Wildman–Crippen MR) is 53.9 cm³/mol. The van der Waals surface area contributed by atoms with Crippen molar-refractivity contribution in [1.29, 1.82) is 0 Å². The minimum atomic E-state index is -0.350. The lowest BCUT2D eigenvalue weighted by Gasteiger charge is -2.09. The van der Waals surface area contributed by atoms with Crippen LogP contribution in [0, 0.1) is 30.9 Å². The Labute approximate surface area is 82.7 Å². The van der Waals surface area contributed by atoms with E-state index in [9.17, 15) is 10.1 Å². The number of nitrogens with zero attached hydrogens (tertiary/aromatic N) is 1. The molecule has 0 saturated carbocycles. The van der Waals surface area contributed by atoms with Crippen molar-refractivity contribution in [2.75, 3.05) is 7.11 Å². The number of hydrogen-bond acceptors (Lipinski definition) is 3. The fraction of sp³-hybridized carbons (Fsp3) is 0.400. The minimum Gasteiger partial charge on any atom is -0.496 e. The molecule has 0 aliphatic rings. The zero-order chi connectivity index (χ0) is 10.9. The van der Waals surface area contributed by atoms with E-state index in [-0.39, 0.29) is 10.6 Å². The summed E-state index contributed by atoms with van der Waals surface area (Å²) in [5, 5.41) is 10.8. The van der Waals surface area contributed by atoms with Crippen molar-refractivity contribution in [1.82, 2.24) is 0 Å². The average molecular weight is 195 g/mol. The lowest BCUT2D eigenvalue weighted by molar-refractivity contribution is -0.386. The molecule has 1 aromatic carbocycles. The molecule has 0 atom stereocenters. The second-order valence-electron chi connectivity index (χ2n) is 3.25. The Bertz CT molecular complexity index is 385. The highest BCUT2D eigenvalue weighted by atomic mass is 16.6. The average Bonchev–Trinajstić information content (AvgIpc) is 2.10. The second-order valence-corrected chi connectivity index (χ2v) is 3.25. The van der Waals surface area contributed by atoms with Crippen LogP contribution in [0.4, 0.5) is 5.69 Å². The van der Waals surface area contributed by atoms with Gasteiger partial charge in [-0.05, 0) is 26.8 Å². The first-order valence-corrected chi connectivity index (χ1v) is 4.28. The number of ether oxygens (including phenoxy) is 1. The van der Waals surface area contributed by atoms with Gasteiger partial charge < -0.3 is 4.74 Å². The van der Waals surface area contributed by atoms with Gasteiger partial charge in [-0.2, -0.15) is 0 Å². The van der Waals surface area contributed by atoms with Crippen molar-refractivity contribution in [2.24, 2.45) is 0 Å². The van der Waals surface area contributed by atoms with E-state index in [1.165, 1.54) is 0 Å². The Morgan fingerprint density at radius 3 is 2.29 bits per heavy atom. The number of aryl methyl sites for hydroxylation is 1. The van der Waals surface area contributed by atoms with E-state index in [0.717, 1.165) is 5.56 Å². The molecular weight excluding hydrogens is 182 g/mol. The second kappa shape index (κ2) is 3.65. The van der Waals surface area contributed by atoms with Crippen LogP contribution in [-0.4, -0.2) is 12.0 Å². The maximum absolute atomic E-state index is 10.8. The van der Waals surface area contributed by atoms with Crippen molar-refractivity contribution in [3.63, 3.8) is 0 Å². The van der Waals surface area contributed by atoms with Crippen molar-refractivity contribution in [2.45, 2.75) is 20.8 Å². The summed E-state index contributed by atoms with van der Waals surface area (Å²) in [6.07, 6.45) is 0. The fourth-order valence-corrected chi connectivity index (χ4v) is 1.52. The lowest BCUT2D eigenvalue weighted by atomic mass is 10.0. The predicted octanol–water partition coefficient (Wildman–Crippen LogP) is 2.53. The molecule has 0 spiro atoms. The summed E-state index contributed by atoms with van der Waals surface area (Å²) in [4.78, 5) is 10.4. The minimum absolute atomic E-state index is 0.184. The molecule has 14 heavy (non-hydrogen) atoms. The molecule has 0 saturated heterocycles. The normalized spacial score (nSPS) is 10.0. The molecule has 1 aromatic rings. The van der Waals surface area contributed by atoms with Crippen LogP contribution in [0.1, 0.15) is 16.7 Å². The highest BCUT2D eigenvalue weighted by molar-refractivity contribution is 5.56. The maximum atomic E-state index is 10.8. The van der Waals surface area contributed by atoms with Gasteiger partial charge in [-0.25, -0.2) is 0 Å². The molecule has 76 valence electrons. The highest BCUT2D eigenvalue weighted by Crippen LogP contribution is 2.32. The quantitative estimate of drug-likeness (QED) is 0.538. The Kier molecular flexibility index (Phi) is 2.74. The van der Waals surface area contributed by atoms with Gasteiger partial charge in [0.15, 0.2) is 0 Å². The van der Waals surface area contributed by atoms with E-state index >= 15 is 0 Å². The van der Waals surface area contributed by atoms with Gasteiger partial charge in [0.25, 0.3) is 5.69 Å². The van der Waals surface area contributed by atoms with E-state index in [0.29, 0.717) is 16.9 Å². The zero-order valence-corrected chi connectivity index (χ0v) is 8.75. The summed E-state index contributed by atoms with van der Waals surface area (Å²) in [5.74, 6) is 0.700. The third-order valence-electron chi connectivity index (χ3n) is 2.41. The number of methoxy groups -OCH3 is 1. The molecule has 0 heterocycles. The van der Waals surface area contributed by atoms with Crippen molar-refractivity contribution in [3.8, 4) is 5.75 Å². The van der Waals surface area contributed by atoms with Gasteiger partial charge in [0, 0.05) is 16.7 Å². The van der Waals surface area contributed by atoms with E-state index in [4.69, 9.17) is 4.74 Å². The number of hydrogen-bond donors (Lipinski definition) is 0. The van der Waals surface area contributed by atoms with Gasteiger partial charge in [-0.1, -0.05) is 0 Å². The number of benzene rings is 1. The molecule has 0 aliphatic heterocycles. The molecule has 4 nitrogen and oxygen atoms in total. The molecule has 0 bridgehead atoms. The monoisotopic (exact) mass is 195 g/mol. The van der Waals surface area contributed by atoms with Gasteiger partial charge in [0.1, 0.15) is 5.75 Å². The number of rotatable bonds is 2. The number of nitro benzene ring substituents is 1. The summed E-state index contributed by atoms with van der Waals surface area (Å²) in [6, 6.07) is 1.69. The van der Waals surface area contributed by atoms with Crippen molar-refractivity contribution < 1.29 is 9.66 Å². The van der Waals surface area contributed by atoms with Crippen molar-refractivity contribution >= 4 is 5.69 Å². The molecule has 0 amide bonds. The van der Waals surface area contributed by atoms with Crippen LogP contribution in [-0.2, 0) is 0 Å². The Morgan fingerprint density at radius 1 is 1.29 bits per heavy atom. The van der Waals surface area contributed by atoms with Crippen LogP contribution in [0.25, 0.3) is 0 Å². The highest BCUT2D eigenvalue weighted by Gasteiger charge is 2.18. The lowest BCUT2D eigenvalue weighted by Crippen LogP contribution is -1.99. The first kappa shape index (κ1) is 10.5. The largest absolute Gasteiger partial charge is 0.496 e. The van der Waals surface area contributed by atoms with Crippen LogP contribution in [0.15, 0.2) is 6.07 Å². The first-order chi connectivity index (χ1) is 6.49. The van der Waals surface area contributed by atoms with Gasteiger partial charge in [-0.3, -0.25) is 10.1 Å². The van der Waals surface area contributed by atoms with E-state index in [1.54, 1.807) is 27.0 Å². The van der Waals surface area contributed by atoms with Gasteiger partial charge in [0.05, 0.1) is 12.0 Å². The fourth-order valence-electron chi connectivity index (χ4n) is 1.52. The molecule has 0 aromatic heterocycles. The molecular formula is C10H13NO3. The van der Waals surface area contributed by atoms with E-state index in [2.05, 4.69) is 0 Å². The third-order valence-corrected chi connectivity index (χ3v) is 2.41. The molecule has 0 fully saturated rings. The Hall–Kier alpha value is -1.58. The Morgan fingerprint density at radius 2 is 1.86 bits per heavy atom. The van der Waals surface area contributed by atoms with Gasteiger partial charge in [0.2, 0.25) is 0 Å². The summed E-state index contributed by atoms with van der Waals surface area (Å²) in [6.45, 7) is 5.27. The molecule has 1 rings (SSSR count). The molecule has 0 unspecified atom stereocenters. The molecule has 0 aliphatic carbocycles. The zero-order valence-electron chi connectivity index (χ0n) is 8.75. The van der Waals surface area contributed by atoms with Crippen LogP contribution < -0.4 is 4.74 Å². The Balaban J connectivity index is 3.49. The summed E-state index contributed by atoms with van der Waals surface area (Å²) >= 11 is 0. The third kappa shape index (κ3) is 1.55.